The van der Waals surface area contributed by atoms with Gasteiger partial charge in [-0.2, -0.15) is 0 Å². The molecule has 0 aliphatic carbocycles. The quantitative estimate of drug-likeness (QED) is 0.160. The molecule has 0 bridgehead atoms. The molecule has 0 N–H and O–H groups in total. The Morgan fingerprint density at radius 1 is 0.365 bits per heavy atom. The highest BCUT2D eigenvalue weighted by Crippen LogP contribution is 2.49. The van der Waals surface area contributed by atoms with Crippen molar-refractivity contribution in [3.05, 3.63) is 184 Å². The van der Waals surface area contributed by atoms with Crippen molar-refractivity contribution >= 4 is 57.2 Å². The molecule has 0 radical (unpaired) electrons. The molecule has 0 amide bonds. The molecule has 0 saturated carbocycles. The Morgan fingerprint density at radius 3 is 1.40 bits per heavy atom. The van der Waals surface area contributed by atoms with E-state index in [1.807, 2.05) is 0 Å². The van der Waals surface area contributed by atoms with Crippen LogP contribution in [0.4, 0.5) is 34.1 Å². The van der Waals surface area contributed by atoms with Gasteiger partial charge < -0.3 is 9.80 Å². The van der Waals surface area contributed by atoms with Crippen LogP contribution < -0.4 is 26.2 Å². The van der Waals surface area contributed by atoms with E-state index >= 15 is 0 Å². The van der Waals surface area contributed by atoms with Crippen LogP contribution in [0, 0.1) is 20.8 Å². The van der Waals surface area contributed by atoms with E-state index in [1.54, 1.807) is 0 Å². The summed E-state index contributed by atoms with van der Waals surface area (Å²) in [6.07, 6.45) is 0. The van der Waals surface area contributed by atoms with Crippen molar-refractivity contribution in [1.29, 1.82) is 0 Å². The Morgan fingerprint density at radius 2 is 0.825 bits per heavy atom. The van der Waals surface area contributed by atoms with Crippen molar-refractivity contribution in [3.63, 3.8) is 0 Å². The van der Waals surface area contributed by atoms with Gasteiger partial charge in [0.05, 0.1) is 5.69 Å². The summed E-state index contributed by atoms with van der Waals surface area (Å²) in [5.74, 6) is 0. The van der Waals surface area contributed by atoms with Crippen molar-refractivity contribution in [2.45, 2.75) is 119 Å². The van der Waals surface area contributed by atoms with Crippen molar-refractivity contribution < 1.29 is 0 Å². The number of hydrogen-bond acceptors (Lipinski definition) is 2. The predicted molar refractivity (Wildman–Crippen MR) is 275 cm³/mol. The Labute approximate surface area is 379 Å². The van der Waals surface area contributed by atoms with Crippen LogP contribution in [0.5, 0.6) is 0 Å². The molecular weight excluding hydrogens is 759 g/mol. The Hall–Kier alpha value is -5.80. The molecule has 3 heteroatoms. The van der Waals surface area contributed by atoms with Gasteiger partial charge in [-0.25, -0.2) is 0 Å². The SMILES string of the molecule is Cc1cc(C)cc(C(C)(C)c2ccc3c(c2)B2c4cc(C(C)(C)C)ccc4N(c4ccc(C(C)(C)C)cc4)c4cc(C)cc(c42)N3c2ccc(C(C)(C)C)cc2-c2ccccc2)c1. The number of hydrogen-bond donors (Lipinski definition) is 0. The molecule has 0 spiro atoms. The van der Waals surface area contributed by atoms with Crippen LogP contribution in [-0.2, 0) is 21.7 Å². The van der Waals surface area contributed by atoms with Gasteiger partial charge in [-0.15, -0.1) is 0 Å². The van der Waals surface area contributed by atoms with Crippen LogP contribution in [-0.4, -0.2) is 6.71 Å². The van der Waals surface area contributed by atoms with E-state index in [1.165, 1.54) is 106 Å². The monoisotopic (exact) mass is 825 g/mol. The van der Waals surface area contributed by atoms with Gasteiger partial charge in [0.1, 0.15) is 0 Å². The van der Waals surface area contributed by atoms with Gasteiger partial charge in [-0.3, -0.25) is 0 Å². The van der Waals surface area contributed by atoms with Crippen molar-refractivity contribution in [3.8, 4) is 11.1 Å². The van der Waals surface area contributed by atoms with Gasteiger partial charge in [0.15, 0.2) is 0 Å². The Balaban J connectivity index is 1.39. The molecule has 0 atom stereocenters. The normalized spacial score (nSPS) is 13.8. The van der Waals surface area contributed by atoms with Crippen LogP contribution in [0.15, 0.2) is 140 Å². The topological polar surface area (TPSA) is 6.48 Å². The minimum absolute atomic E-state index is 0.00766. The summed E-state index contributed by atoms with van der Waals surface area (Å²) >= 11 is 0. The second-order valence-corrected chi connectivity index (χ2v) is 22.3. The molecule has 0 fully saturated rings. The van der Waals surface area contributed by atoms with Crippen molar-refractivity contribution in [2.24, 2.45) is 0 Å². The average Bonchev–Trinajstić information content (AvgIpc) is 3.22. The molecular formula is C60H65BN2. The molecule has 9 rings (SSSR count). The molecule has 7 aromatic carbocycles. The van der Waals surface area contributed by atoms with Crippen LogP contribution in [0.25, 0.3) is 11.1 Å². The summed E-state index contributed by atoms with van der Waals surface area (Å²) < 4.78 is 0. The maximum atomic E-state index is 2.61. The van der Waals surface area contributed by atoms with Gasteiger partial charge in [0.25, 0.3) is 6.71 Å². The minimum Gasteiger partial charge on any atom is -0.311 e. The fourth-order valence-corrected chi connectivity index (χ4v) is 10.2. The molecule has 2 aliphatic rings. The first-order chi connectivity index (χ1) is 29.6. The van der Waals surface area contributed by atoms with Gasteiger partial charge in [0.2, 0.25) is 0 Å². The minimum atomic E-state index is -0.234. The van der Waals surface area contributed by atoms with Crippen LogP contribution in [0.3, 0.4) is 0 Å². The first kappa shape index (κ1) is 42.5. The van der Waals surface area contributed by atoms with E-state index in [0.717, 1.165) is 0 Å². The summed E-state index contributed by atoms with van der Waals surface area (Å²) in [5.41, 5.74) is 24.2. The fourth-order valence-electron chi connectivity index (χ4n) is 10.2. The molecule has 2 heterocycles. The van der Waals surface area contributed by atoms with Gasteiger partial charge >= 0.3 is 0 Å². The van der Waals surface area contributed by atoms with E-state index in [-0.39, 0.29) is 28.4 Å². The highest BCUT2D eigenvalue weighted by atomic mass is 15.2. The molecule has 0 aromatic heterocycles. The Kier molecular flexibility index (Phi) is 10.1. The van der Waals surface area contributed by atoms with E-state index in [2.05, 4.69) is 246 Å². The number of aryl methyl sites for hydroxylation is 3. The first-order valence-corrected chi connectivity index (χ1v) is 23.0. The largest absolute Gasteiger partial charge is 0.311 e. The highest BCUT2D eigenvalue weighted by Gasteiger charge is 2.45. The second kappa shape index (κ2) is 14.9. The van der Waals surface area contributed by atoms with Crippen LogP contribution in [0.2, 0.25) is 0 Å². The molecule has 2 nitrogen and oxygen atoms in total. The maximum absolute atomic E-state index is 2.61. The zero-order chi connectivity index (χ0) is 45.0. The molecule has 318 valence electrons. The third kappa shape index (κ3) is 7.42. The first-order valence-electron chi connectivity index (χ1n) is 23.0. The molecule has 0 unspecified atom stereocenters. The van der Waals surface area contributed by atoms with Crippen LogP contribution in [0.1, 0.15) is 121 Å². The summed E-state index contributed by atoms with van der Waals surface area (Å²) in [6.45, 7) is 32.4. The van der Waals surface area contributed by atoms with Crippen molar-refractivity contribution in [2.75, 3.05) is 9.80 Å². The molecule has 63 heavy (non-hydrogen) atoms. The highest BCUT2D eigenvalue weighted by molar-refractivity contribution is 7.00. The number of benzene rings is 7. The zero-order valence-electron chi connectivity index (χ0n) is 40.3. The zero-order valence-corrected chi connectivity index (χ0v) is 40.3. The third-order valence-corrected chi connectivity index (χ3v) is 13.9. The summed E-state index contributed by atoms with van der Waals surface area (Å²) in [6, 6.07) is 54.3. The lowest BCUT2D eigenvalue weighted by Gasteiger charge is -2.45. The Bertz CT molecular complexity index is 2880. The smallest absolute Gasteiger partial charge is 0.252 e. The molecule has 2 aliphatic heterocycles. The number of nitrogens with zero attached hydrogens (tertiary/aromatic N) is 2. The lowest BCUT2D eigenvalue weighted by Crippen LogP contribution is -2.61. The lowest BCUT2D eigenvalue weighted by atomic mass is 9.33. The van der Waals surface area contributed by atoms with Crippen molar-refractivity contribution in [1.82, 2.24) is 0 Å². The lowest BCUT2D eigenvalue weighted by molar-refractivity contribution is 0.590. The van der Waals surface area contributed by atoms with Gasteiger partial charge in [-0.05, 0) is 141 Å². The number of rotatable bonds is 5. The second-order valence-electron chi connectivity index (χ2n) is 22.3. The standard InChI is InChI=1S/C60H65BN2/c1-38-30-39(2)32-46(31-38)60(13,14)45-24-29-53-50(37-45)61-49-36-44(59(10,11)12)23-28-52(49)62(47-25-20-42(21-26-47)57(4,5)6)54-33-40(3)34-55(56(54)61)63(53)51-27-22-43(58(7,8)9)35-48(51)41-18-16-15-17-19-41/h15-37H,1-14H3. The van der Waals surface area contributed by atoms with E-state index in [4.69, 9.17) is 0 Å². The van der Waals surface area contributed by atoms with E-state index in [9.17, 15) is 0 Å². The summed E-state index contributed by atoms with van der Waals surface area (Å²) in [7, 11) is 0. The van der Waals surface area contributed by atoms with Gasteiger partial charge in [0, 0.05) is 39.4 Å². The summed E-state index contributed by atoms with van der Waals surface area (Å²) in [4.78, 5) is 5.17. The molecule has 7 aromatic rings. The fraction of sp³-hybridized carbons (Fsp3) is 0.300. The van der Waals surface area contributed by atoms with Gasteiger partial charge in [-0.1, -0.05) is 178 Å². The average molecular weight is 825 g/mol. The number of fused-ring (bicyclic) bond motifs is 4. The summed E-state index contributed by atoms with van der Waals surface area (Å²) in [5, 5.41) is 0. The van der Waals surface area contributed by atoms with E-state index in [0.29, 0.717) is 0 Å². The third-order valence-electron chi connectivity index (χ3n) is 13.9. The predicted octanol–water partition coefficient (Wildman–Crippen LogP) is 14.6. The van der Waals surface area contributed by atoms with Crippen LogP contribution >= 0.6 is 0 Å². The maximum Gasteiger partial charge on any atom is 0.252 e. The number of anilines is 6. The van der Waals surface area contributed by atoms with E-state index < -0.39 is 0 Å². The molecule has 0 saturated heterocycles.